The van der Waals surface area contributed by atoms with Crippen molar-refractivity contribution >= 4 is 0 Å². The van der Waals surface area contributed by atoms with Gasteiger partial charge in [-0.1, -0.05) is 18.2 Å². The van der Waals surface area contributed by atoms with Crippen molar-refractivity contribution in [1.29, 1.82) is 0 Å². The number of hydrogen-bond donors (Lipinski definition) is 2. The first-order valence-electron chi connectivity index (χ1n) is 5.28. The smallest absolute Gasteiger partial charge is 0.131 e. The molecule has 94 valence electrons. The van der Waals surface area contributed by atoms with Crippen LogP contribution in [0.3, 0.4) is 0 Å². The van der Waals surface area contributed by atoms with Gasteiger partial charge in [-0.2, -0.15) is 0 Å². The first-order chi connectivity index (χ1) is 8.61. The van der Waals surface area contributed by atoms with Crippen LogP contribution in [-0.4, -0.2) is 0 Å². The van der Waals surface area contributed by atoms with Crippen LogP contribution in [0.4, 0.5) is 13.2 Å². The molecule has 0 bridgehead atoms. The van der Waals surface area contributed by atoms with Crippen LogP contribution in [0.1, 0.15) is 17.2 Å². The molecule has 0 fully saturated rings. The zero-order chi connectivity index (χ0) is 13.1. The SMILES string of the molecule is NNC(c1ccc(F)cc1)c1ccc(F)cc1F. The monoisotopic (exact) mass is 252 g/mol. The van der Waals surface area contributed by atoms with Gasteiger partial charge in [0.25, 0.3) is 0 Å². The van der Waals surface area contributed by atoms with E-state index in [1.165, 1.54) is 30.3 Å². The Morgan fingerprint density at radius 1 is 0.889 bits per heavy atom. The summed E-state index contributed by atoms with van der Waals surface area (Å²) < 4.78 is 39.3. The topological polar surface area (TPSA) is 38.0 Å². The van der Waals surface area contributed by atoms with Crippen LogP contribution in [0.15, 0.2) is 42.5 Å². The summed E-state index contributed by atoms with van der Waals surface area (Å²) in [5.41, 5.74) is 3.22. The highest BCUT2D eigenvalue weighted by atomic mass is 19.1. The quantitative estimate of drug-likeness (QED) is 0.651. The van der Waals surface area contributed by atoms with Gasteiger partial charge in [0.1, 0.15) is 17.5 Å². The van der Waals surface area contributed by atoms with Crippen LogP contribution in [0.5, 0.6) is 0 Å². The van der Waals surface area contributed by atoms with Gasteiger partial charge in [-0.3, -0.25) is 5.84 Å². The molecule has 3 N–H and O–H groups in total. The number of hydrogen-bond acceptors (Lipinski definition) is 2. The Morgan fingerprint density at radius 3 is 2.06 bits per heavy atom. The molecule has 0 radical (unpaired) electrons. The first kappa shape index (κ1) is 12.6. The Labute approximate surface area is 102 Å². The molecule has 0 aliphatic heterocycles. The van der Waals surface area contributed by atoms with E-state index in [4.69, 9.17) is 5.84 Å². The maximum Gasteiger partial charge on any atom is 0.131 e. The van der Waals surface area contributed by atoms with Crippen LogP contribution in [0, 0.1) is 17.5 Å². The number of nitrogens with two attached hydrogens (primary N) is 1. The normalized spacial score (nSPS) is 12.4. The highest BCUT2D eigenvalue weighted by molar-refractivity contribution is 5.32. The van der Waals surface area contributed by atoms with Crippen LogP contribution >= 0.6 is 0 Å². The summed E-state index contributed by atoms with van der Waals surface area (Å²) in [4.78, 5) is 0. The Hall–Kier alpha value is -1.85. The first-order valence-corrected chi connectivity index (χ1v) is 5.28. The molecule has 0 aliphatic rings. The van der Waals surface area contributed by atoms with E-state index >= 15 is 0 Å². The van der Waals surface area contributed by atoms with Gasteiger partial charge in [0, 0.05) is 11.6 Å². The minimum Gasteiger partial charge on any atom is -0.271 e. The fraction of sp³-hybridized carbons (Fsp3) is 0.0769. The summed E-state index contributed by atoms with van der Waals surface area (Å²) in [7, 11) is 0. The summed E-state index contributed by atoms with van der Waals surface area (Å²) in [5.74, 6) is 3.62. The maximum atomic E-state index is 13.6. The van der Waals surface area contributed by atoms with E-state index in [-0.39, 0.29) is 5.56 Å². The molecule has 1 unspecified atom stereocenters. The highest BCUT2D eigenvalue weighted by Crippen LogP contribution is 2.24. The van der Waals surface area contributed by atoms with Gasteiger partial charge >= 0.3 is 0 Å². The van der Waals surface area contributed by atoms with E-state index in [9.17, 15) is 13.2 Å². The predicted molar refractivity (Wildman–Crippen MR) is 61.9 cm³/mol. The molecule has 2 rings (SSSR count). The summed E-state index contributed by atoms with van der Waals surface area (Å²) >= 11 is 0. The molecule has 0 aliphatic carbocycles. The molecule has 0 saturated carbocycles. The average Bonchev–Trinajstić information content (AvgIpc) is 2.35. The van der Waals surface area contributed by atoms with E-state index in [1.807, 2.05) is 0 Å². The maximum absolute atomic E-state index is 13.6. The molecular weight excluding hydrogens is 241 g/mol. The minimum atomic E-state index is -0.706. The standard InChI is InChI=1S/C13H11F3N2/c14-9-3-1-8(2-4-9)13(18-17)11-6-5-10(15)7-12(11)16/h1-7,13,18H,17H2. The fourth-order valence-corrected chi connectivity index (χ4v) is 1.76. The van der Waals surface area contributed by atoms with E-state index < -0.39 is 23.5 Å². The van der Waals surface area contributed by atoms with Crippen molar-refractivity contribution in [3.05, 3.63) is 71.0 Å². The van der Waals surface area contributed by atoms with E-state index in [2.05, 4.69) is 5.43 Å². The Morgan fingerprint density at radius 2 is 1.50 bits per heavy atom. The van der Waals surface area contributed by atoms with Crippen molar-refractivity contribution in [2.45, 2.75) is 6.04 Å². The predicted octanol–water partition coefficient (Wildman–Crippen LogP) is 2.66. The molecule has 5 heteroatoms. The lowest BCUT2D eigenvalue weighted by molar-refractivity contribution is 0.541. The number of rotatable bonds is 3. The third kappa shape index (κ3) is 2.52. The van der Waals surface area contributed by atoms with Gasteiger partial charge in [0.15, 0.2) is 0 Å². The number of hydrazine groups is 1. The number of nitrogens with one attached hydrogen (secondary N) is 1. The zero-order valence-corrected chi connectivity index (χ0v) is 9.33. The Bertz CT molecular complexity index is 540. The average molecular weight is 252 g/mol. The molecule has 2 aromatic rings. The second-order valence-corrected chi connectivity index (χ2v) is 3.82. The molecule has 2 nitrogen and oxygen atoms in total. The van der Waals surface area contributed by atoms with E-state index in [1.54, 1.807) is 0 Å². The summed E-state index contributed by atoms with van der Waals surface area (Å²) in [6.45, 7) is 0. The second kappa shape index (κ2) is 5.20. The van der Waals surface area contributed by atoms with Crippen molar-refractivity contribution in [3.63, 3.8) is 0 Å². The van der Waals surface area contributed by atoms with Crippen molar-refractivity contribution in [3.8, 4) is 0 Å². The third-order valence-corrected chi connectivity index (χ3v) is 2.64. The molecule has 1 atom stereocenters. The van der Waals surface area contributed by atoms with Crippen LogP contribution in [-0.2, 0) is 0 Å². The van der Waals surface area contributed by atoms with Crippen LogP contribution in [0.25, 0.3) is 0 Å². The Balaban J connectivity index is 2.41. The summed E-state index contributed by atoms with van der Waals surface area (Å²) in [5, 5.41) is 0. The molecule has 0 heterocycles. The number of benzene rings is 2. The summed E-state index contributed by atoms with van der Waals surface area (Å²) in [6.07, 6.45) is 0. The largest absolute Gasteiger partial charge is 0.271 e. The number of halogens is 3. The van der Waals surface area contributed by atoms with Crippen LogP contribution < -0.4 is 11.3 Å². The van der Waals surface area contributed by atoms with Gasteiger partial charge in [-0.15, -0.1) is 0 Å². The lowest BCUT2D eigenvalue weighted by atomic mass is 9.99. The highest BCUT2D eigenvalue weighted by Gasteiger charge is 2.17. The van der Waals surface area contributed by atoms with E-state index in [0.717, 1.165) is 12.1 Å². The molecular formula is C13H11F3N2. The molecule has 0 amide bonds. The lowest BCUT2D eigenvalue weighted by Crippen LogP contribution is -2.29. The van der Waals surface area contributed by atoms with Crippen molar-refractivity contribution in [2.24, 2.45) is 5.84 Å². The third-order valence-electron chi connectivity index (χ3n) is 2.64. The fourth-order valence-electron chi connectivity index (χ4n) is 1.76. The Kier molecular flexibility index (Phi) is 3.64. The van der Waals surface area contributed by atoms with Gasteiger partial charge in [-0.05, 0) is 23.8 Å². The molecule has 2 aromatic carbocycles. The van der Waals surface area contributed by atoms with Crippen molar-refractivity contribution in [2.75, 3.05) is 0 Å². The molecule has 18 heavy (non-hydrogen) atoms. The minimum absolute atomic E-state index is 0.200. The van der Waals surface area contributed by atoms with Crippen molar-refractivity contribution in [1.82, 2.24) is 5.43 Å². The zero-order valence-electron chi connectivity index (χ0n) is 9.33. The molecule has 0 spiro atoms. The second-order valence-electron chi connectivity index (χ2n) is 3.82. The van der Waals surface area contributed by atoms with Gasteiger partial charge < -0.3 is 0 Å². The van der Waals surface area contributed by atoms with Crippen molar-refractivity contribution < 1.29 is 13.2 Å². The van der Waals surface area contributed by atoms with E-state index in [0.29, 0.717) is 5.56 Å². The lowest BCUT2D eigenvalue weighted by Gasteiger charge is -2.17. The van der Waals surface area contributed by atoms with Crippen LogP contribution in [0.2, 0.25) is 0 Å². The molecule has 0 aromatic heterocycles. The van der Waals surface area contributed by atoms with Gasteiger partial charge in [0.2, 0.25) is 0 Å². The molecule has 0 saturated heterocycles. The van der Waals surface area contributed by atoms with Gasteiger partial charge in [0.05, 0.1) is 6.04 Å². The summed E-state index contributed by atoms with van der Waals surface area (Å²) in [6, 6.07) is 8.05. The van der Waals surface area contributed by atoms with Gasteiger partial charge in [-0.25, -0.2) is 18.6 Å².